The molecule has 1 unspecified atom stereocenters. The first kappa shape index (κ1) is 11.5. The molecule has 3 heteroatoms. The second kappa shape index (κ2) is 6.02. The van der Waals surface area contributed by atoms with E-state index in [0.717, 1.165) is 17.0 Å². The van der Waals surface area contributed by atoms with Gasteiger partial charge in [0.1, 0.15) is 0 Å². The number of benzene rings is 1. The van der Waals surface area contributed by atoms with Crippen LogP contribution in [0.25, 0.3) is 0 Å². The molecule has 0 aliphatic rings. The van der Waals surface area contributed by atoms with Gasteiger partial charge in [0.15, 0.2) is 0 Å². The van der Waals surface area contributed by atoms with Crippen LogP contribution >= 0.6 is 11.6 Å². The minimum absolute atomic E-state index is 0.0900. The van der Waals surface area contributed by atoms with E-state index in [9.17, 15) is 0 Å². The Morgan fingerprint density at radius 1 is 1.21 bits per heavy atom. The molecule has 0 spiro atoms. The van der Waals surface area contributed by atoms with Crippen molar-refractivity contribution in [2.45, 2.75) is 12.5 Å². The summed E-state index contributed by atoms with van der Waals surface area (Å²) in [5.41, 5.74) is 1.13. The van der Waals surface area contributed by atoms with Crippen LogP contribution in [-0.2, 0) is 9.47 Å². The van der Waals surface area contributed by atoms with E-state index in [2.05, 4.69) is 0 Å². The van der Waals surface area contributed by atoms with E-state index in [-0.39, 0.29) is 6.10 Å². The van der Waals surface area contributed by atoms with E-state index in [1.807, 2.05) is 24.3 Å². The third-order valence-corrected chi connectivity index (χ3v) is 2.36. The summed E-state index contributed by atoms with van der Waals surface area (Å²) in [6.45, 7) is 0.696. The Morgan fingerprint density at radius 3 is 2.36 bits per heavy atom. The zero-order chi connectivity index (χ0) is 10.4. The fourth-order valence-electron chi connectivity index (χ4n) is 1.32. The van der Waals surface area contributed by atoms with E-state index in [1.54, 1.807) is 14.2 Å². The van der Waals surface area contributed by atoms with Crippen molar-refractivity contribution in [3.05, 3.63) is 34.9 Å². The summed E-state index contributed by atoms with van der Waals surface area (Å²) in [6, 6.07) is 7.70. The van der Waals surface area contributed by atoms with Crippen molar-refractivity contribution in [3.63, 3.8) is 0 Å². The van der Waals surface area contributed by atoms with Crippen molar-refractivity contribution in [3.8, 4) is 0 Å². The molecule has 0 saturated carbocycles. The molecule has 2 nitrogen and oxygen atoms in total. The zero-order valence-electron chi connectivity index (χ0n) is 8.50. The lowest BCUT2D eigenvalue weighted by Crippen LogP contribution is -2.04. The molecule has 0 heterocycles. The van der Waals surface area contributed by atoms with Crippen LogP contribution in [0.1, 0.15) is 18.1 Å². The van der Waals surface area contributed by atoms with Crippen LogP contribution in [0.15, 0.2) is 24.3 Å². The smallest absolute Gasteiger partial charge is 0.0843 e. The Bertz CT molecular complexity index is 258. The molecule has 1 rings (SSSR count). The van der Waals surface area contributed by atoms with E-state index in [1.165, 1.54) is 0 Å². The van der Waals surface area contributed by atoms with E-state index in [0.29, 0.717) is 6.61 Å². The lowest BCUT2D eigenvalue weighted by Gasteiger charge is -2.15. The topological polar surface area (TPSA) is 18.5 Å². The fraction of sp³-hybridized carbons (Fsp3) is 0.455. The predicted octanol–water partition coefficient (Wildman–Crippen LogP) is 3.06. The summed E-state index contributed by atoms with van der Waals surface area (Å²) in [7, 11) is 3.39. The number of hydrogen-bond donors (Lipinski definition) is 0. The molecular weight excluding hydrogens is 200 g/mol. The molecule has 0 amide bonds. The fourth-order valence-corrected chi connectivity index (χ4v) is 1.45. The van der Waals surface area contributed by atoms with Crippen molar-refractivity contribution in [1.82, 2.24) is 0 Å². The van der Waals surface area contributed by atoms with Crippen molar-refractivity contribution >= 4 is 11.6 Å². The molecule has 0 aliphatic carbocycles. The Kier molecular flexibility index (Phi) is 4.94. The average Bonchev–Trinajstić information content (AvgIpc) is 2.21. The molecule has 0 aliphatic heterocycles. The van der Waals surface area contributed by atoms with Gasteiger partial charge in [-0.05, 0) is 17.7 Å². The lowest BCUT2D eigenvalue weighted by atomic mass is 10.1. The van der Waals surface area contributed by atoms with Crippen molar-refractivity contribution < 1.29 is 9.47 Å². The molecule has 1 aromatic rings. The van der Waals surface area contributed by atoms with Crippen molar-refractivity contribution in [1.29, 1.82) is 0 Å². The molecule has 0 saturated heterocycles. The number of ether oxygens (including phenoxy) is 2. The minimum atomic E-state index is 0.0900. The quantitative estimate of drug-likeness (QED) is 0.750. The second-order valence-electron chi connectivity index (χ2n) is 3.06. The normalized spacial score (nSPS) is 12.8. The van der Waals surface area contributed by atoms with Crippen LogP contribution in [0, 0.1) is 0 Å². The van der Waals surface area contributed by atoms with Gasteiger partial charge in [-0.3, -0.25) is 0 Å². The highest BCUT2D eigenvalue weighted by Gasteiger charge is 2.09. The van der Waals surface area contributed by atoms with Crippen molar-refractivity contribution in [2.24, 2.45) is 0 Å². The lowest BCUT2D eigenvalue weighted by molar-refractivity contribution is 0.0662. The Hall–Kier alpha value is -0.570. The van der Waals surface area contributed by atoms with E-state index >= 15 is 0 Å². The van der Waals surface area contributed by atoms with Gasteiger partial charge in [-0.1, -0.05) is 23.7 Å². The highest BCUT2D eigenvalue weighted by Crippen LogP contribution is 2.21. The summed E-state index contributed by atoms with van der Waals surface area (Å²) in [5, 5.41) is 0.746. The van der Waals surface area contributed by atoms with Gasteiger partial charge in [0.2, 0.25) is 0 Å². The third-order valence-electron chi connectivity index (χ3n) is 2.11. The molecule has 0 fully saturated rings. The summed E-state index contributed by atoms with van der Waals surface area (Å²) in [4.78, 5) is 0. The molecular formula is C11H15ClO2. The monoisotopic (exact) mass is 214 g/mol. The SMILES string of the molecule is COCCC(OC)c1ccc(Cl)cc1. The predicted molar refractivity (Wildman–Crippen MR) is 57.7 cm³/mol. The van der Waals surface area contributed by atoms with Gasteiger partial charge in [0, 0.05) is 32.3 Å². The Balaban J connectivity index is 2.64. The summed E-state index contributed by atoms with van der Waals surface area (Å²) < 4.78 is 10.4. The van der Waals surface area contributed by atoms with Gasteiger partial charge in [0.05, 0.1) is 6.10 Å². The average molecular weight is 215 g/mol. The van der Waals surface area contributed by atoms with Crippen LogP contribution in [0.2, 0.25) is 5.02 Å². The number of rotatable bonds is 5. The molecule has 0 radical (unpaired) electrons. The zero-order valence-corrected chi connectivity index (χ0v) is 9.25. The first-order valence-electron chi connectivity index (χ1n) is 4.55. The molecule has 14 heavy (non-hydrogen) atoms. The Labute approximate surface area is 89.8 Å². The largest absolute Gasteiger partial charge is 0.385 e. The number of methoxy groups -OCH3 is 2. The van der Waals surface area contributed by atoms with Crippen molar-refractivity contribution in [2.75, 3.05) is 20.8 Å². The second-order valence-corrected chi connectivity index (χ2v) is 3.49. The van der Waals surface area contributed by atoms with Crippen LogP contribution in [-0.4, -0.2) is 20.8 Å². The van der Waals surface area contributed by atoms with Gasteiger partial charge in [-0.25, -0.2) is 0 Å². The van der Waals surface area contributed by atoms with Gasteiger partial charge in [0.25, 0.3) is 0 Å². The van der Waals surface area contributed by atoms with Gasteiger partial charge < -0.3 is 9.47 Å². The molecule has 1 atom stereocenters. The van der Waals surface area contributed by atoms with Crippen LogP contribution in [0.5, 0.6) is 0 Å². The maximum atomic E-state index is 5.80. The molecule has 78 valence electrons. The van der Waals surface area contributed by atoms with Gasteiger partial charge in [-0.2, -0.15) is 0 Å². The molecule has 0 N–H and O–H groups in total. The highest BCUT2D eigenvalue weighted by molar-refractivity contribution is 6.30. The standard InChI is InChI=1S/C11H15ClO2/c1-13-8-7-11(14-2)9-3-5-10(12)6-4-9/h3-6,11H,7-8H2,1-2H3. The minimum Gasteiger partial charge on any atom is -0.385 e. The summed E-state index contributed by atoms with van der Waals surface area (Å²) in [5.74, 6) is 0. The summed E-state index contributed by atoms with van der Waals surface area (Å²) >= 11 is 5.80. The first-order chi connectivity index (χ1) is 6.77. The third kappa shape index (κ3) is 3.29. The first-order valence-corrected chi connectivity index (χ1v) is 4.93. The summed E-state index contributed by atoms with van der Waals surface area (Å²) in [6.07, 6.45) is 0.946. The maximum Gasteiger partial charge on any atom is 0.0843 e. The van der Waals surface area contributed by atoms with E-state index < -0.39 is 0 Å². The molecule has 0 aromatic heterocycles. The number of halogens is 1. The van der Waals surface area contributed by atoms with Crippen LogP contribution in [0.4, 0.5) is 0 Å². The molecule has 0 bridgehead atoms. The maximum absolute atomic E-state index is 5.80. The number of hydrogen-bond acceptors (Lipinski definition) is 2. The van der Waals surface area contributed by atoms with Gasteiger partial charge in [-0.15, -0.1) is 0 Å². The Morgan fingerprint density at radius 2 is 1.86 bits per heavy atom. The highest BCUT2D eigenvalue weighted by atomic mass is 35.5. The van der Waals surface area contributed by atoms with Gasteiger partial charge >= 0.3 is 0 Å². The van der Waals surface area contributed by atoms with Crippen LogP contribution < -0.4 is 0 Å². The van der Waals surface area contributed by atoms with Crippen LogP contribution in [0.3, 0.4) is 0 Å². The molecule has 1 aromatic carbocycles. The van der Waals surface area contributed by atoms with E-state index in [4.69, 9.17) is 21.1 Å².